The van der Waals surface area contributed by atoms with E-state index in [2.05, 4.69) is 0 Å². The number of Topliss-reactive ketones (excluding diaryl/α,β-unsaturated/α-hetero) is 1. The fourth-order valence-corrected chi connectivity index (χ4v) is 2.73. The molecule has 0 radical (unpaired) electrons. The number of hydrogen-bond acceptors (Lipinski definition) is 5. The van der Waals surface area contributed by atoms with E-state index in [1.807, 2.05) is 6.07 Å². The maximum absolute atomic E-state index is 12.6. The largest absolute Gasteiger partial charge is 0.502 e. The molecule has 0 aliphatic carbocycles. The van der Waals surface area contributed by atoms with Crippen LogP contribution in [0.4, 0.5) is 0 Å². The third-order valence-corrected chi connectivity index (χ3v) is 4.00. The van der Waals surface area contributed by atoms with Gasteiger partial charge in [-0.3, -0.25) is 4.79 Å². The Kier molecular flexibility index (Phi) is 5.92. The third-order valence-electron chi connectivity index (χ3n) is 3.37. The molecule has 128 valence electrons. The van der Waals surface area contributed by atoms with Crippen molar-refractivity contribution in [1.82, 2.24) is 0 Å². The van der Waals surface area contributed by atoms with Crippen LogP contribution in [0.2, 0.25) is 10.0 Å². The molecule has 0 saturated carbocycles. The molecule has 0 aliphatic heterocycles. The quantitative estimate of drug-likeness (QED) is 0.471. The summed E-state index contributed by atoms with van der Waals surface area (Å²) < 4.78 is 10.1. The molecule has 5 nitrogen and oxygen atoms in total. The second-order valence-corrected chi connectivity index (χ2v) is 5.68. The van der Waals surface area contributed by atoms with Crippen molar-refractivity contribution in [3.63, 3.8) is 0 Å². The molecule has 0 aromatic heterocycles. The summed E-state index contributed by atoms with van der Waals surface area (Å²) >= 11 is 12.1. The molecular weight excluding hydrogens is 365 g/mol. The van der Waals surface area contributed by atoms with E-state index in [0.717, 1.165) is 0 Å². The Morgan fingerprint density at radius 2 is 1.68 bits per heavy atom. The van der Waals surface area contributed by atoms with Crippen molar-refractivity contribution in [1.29, 1.82) is 5.26 Å². The van der Waals surface area contributed by atoms with E-state index in [1.54, 1.807) is 6.07 Å². The highest BCUT2D eigenvalue weighted by molar-refractivity contribution is 6.41. The first-order valence-electron chi connectivity index (χ1n) is 6.98. The number of aromatic hydroxyl groups is 1. The Labute approximate surface area is 154 Å². The van der Waals surface area contributed by atoms with Gasteiger partial charge in [-0.25, -0.2) is 0 Å². The molecule has 0 saturated heterocycles. The SMILES string of the molecule is COc1cc(/C=C(/C#N)C(=O)c2c(Cl)cccc2Cl)cc(OC)c1O. The van der Waals surface area contributed by atoms with E-state index in [-0.39, 0.29) is 38.4 Å². The number of carbonyl (C=O) groups is 1. The van der Waals surface area contributed by atoms with Gasteiger partial charge in [0.25, 0.3) is 0 Å². The Balaban J connectivity index is 2.55. The highest BCUT2D eigenvalue weighted by atomic mass is 35.5. The number of phenols is 1. The summed E-state index contributed by atoms with van der Waals surface area (Å²) in [5.41, 5.74) is 0.306. The van der Waals surface area contributed by atoms with Crippen LogP contribution >= 0.6 is 23.2 Å². The summed E-state index contributed by atoms with van der Waals surface area (Å²) in [5.74, 6) is -0.498. The lowest BCUT2D eigenvalue weighted by Gasteiger charge is -2.10. The molecule has 0 aliphatic rings. The fraction of sp³-hybridized carbons (Fsp3) is 0.111. The van der Waals surface area contributed by atoms with Gasteiger partial charge in [0, 0.05) is 0 Å². The molecule has 0 spiro atoms. The zero-order chi connectivity index (χ0) is 18.6. The number of phenolic OH excluding ortho intramolecular Hbond substituents is 1. The van der Waals surface area contributed by atoms with Gasteiger partial charge in [-0.1, -0.05) is 29.3 Å². The van der Waals surface area contributed by atoms with Gasteiger partial charge in [-0.2, -0.15) is 5.26 Å². The molecule has 0 unspecified atom stereocenters. The predicted molar refractivity (Wildman–Crippen MR) is 95.6 cm³/mol. The molecule has 0 fully saturated rings. The van der Waals surface area contributed by atoms with Gasteiger partial charge in [0.2, 0.25) is 11.5 Å². The molecule has 0 amide bonds. The Morgan fingerprint density at radius 1 is 1.16 bits per heavy atom. The number of halogens is 2. The van der Waals surface area contributed by atoms with Gasteiger partial charge in [-0.15, -0.1) is 0 Å². The van der Waals surface area contributed by atoms with E-state index in [0.29, 0.717) is 5.56 Å². The van der Waals surface area contributed by atoms with E-state index in [9.17, 15) is 15.2 Å². The summed E-state index contributed by atoms with van der Waals surface area (Å²) in [7, 11) is 2.75. The Hall–Kier alpha value is -2.68. The maximum atomic E-state index is 12.6. The smallest absolute Gasteiger partial charge is 0.206 e. The topological polar surface area (TPSA) is 79.5 Å². The first kappa shape index (κ1) is 18.7. The second kappa shape index (κ2) is 7.93. The molecule has 0 atom stereocenters. The number of benzene rings is 2. The number of hydrogen-bond donors (Lipinski definition) is 1. The van der Waals surface area contributed by atoms with Crippen LogP contribution in [-0.4, -0.2) is 25.1 Å². The van der Waals surface area contributed by atoms with Crippen LogP contribution in [-0.2, 0) is 0 Å². The molecule has 0 heterocycles. The van der Waals surface area contributed by atoms with Gasteiger partial charge in [0.1, 0.15) is 11.6 Å². The lowest BCUT2D eigenvalue weighted by molar-refractivity contribution is 0.104. The normalized spacial score (nSPS) is 10.9. The number of rotatable bonds is 5. The molecule has 2 rings (SSSR count). The number of nitrogens with zero attached hydrogens (tertiary/aromatic N) is 1. The molecule has 2 aromatic rings. The van der Waals surface area contributed by atoms with Crippen molar-refractivity contribution >= 4 is 35.1 Å². The van der Waals surface area contributed by atoms with Crippen molar-refractivity contribution in [2.24, 2.45) is 0 Å². The van der Waals surface area contributed by atoms with Gasteiger partial charge in [-0.05, 0) is 35.9 Å². The van der Waals surface area contributed by atoms with Crippen molar-refractivity contribution in [2.45, 2.75) is 0 Å². The van der Waals surface area contributed by atoms with E-state index in [4.69, 9.17) is 32.7 Å². The van der Waals surface area contributed by atoms with Crippen LogP contribution in [0, 0.1) is 11.3 Å². The number of ether oxygens (including phenoxy) is 2. The average molecular weight is 378 g/mol. The number of methoxy groups -OCH3 is 2. The van der Waals surface area contributed by atoms with Crippen LogP contribution < -0.4 is 9.47 Å². The number of carbonyl (C=O) groups excluding carboxylic acids is 1. The molecule has 0 bridgehead atoms. The minimum absolute atomic E-state index is 0.0522. The minimum Gasteiger partial charge on any atom is -0.502 e. The molecular formula is C18H13Cl2NO4. The minimum atomic E-state index is -0.607. The monoisotopic (exact) mass is 377 g/mol. The molecule has 2 aromatic carbocycles. The van der Waals surface area contributed by atoms with Crippen molar-refractivity contribution in [2.75, 3.05) is 14.2 Å². The zero-order valence-corrected chi connectivity index (χ0v) is 14.9. The lowest BCUT2D eigenvalue weighted by Crippen LogP contribution is -2.04. The number of ketones is 1. The molecule has 7 heteroatoms. The first-order valence-corrected chi connectivity index (χ1v) is 7.74. The van der Waals surface area contributed by atoms with Crippen LogP contribution in [0.15, 0.2) is 35.9 Å². The molecule has 25 heavy (non-hydrogen) atoms. The van der Waals surface area contributed by atoms with Crippen LogP contribution in [0.1, 0.15) is 15.9 Å². The van der Waals surface area contributed by atoms with Gasteiger partial charge in [0.05, 0.1) is 29.8 Å². The number of allylic oxidation sites excluding steroid dienone is 1. The van der Waals surface area contributed by atoms with Crippen LogP contribution in [0.5, 0.6) is 17.2 Å². The standard InChI is InChI=1S/C18H13Cl2NO4/c1-24-14-7-10(8-15(25-2)18(14)23)6-11(9-21)17(22)16-12(19)4-3-5-13(16)20/h3-8,23H,1-2H3/b11-6-. The summed E-state index contributed by atoms with van der Waals surface area (Å²) in [6, 6.07) is 9.42. The Bertz CT molecular complexity index is 855. The van der Waals surface area contributed by atoms with Gasteiger partial charge >= 0.3 is 0 Å². The van der Waals surface area contributed by atoms with E-state index >= 15 is 0 Å². The second-order valence-electron chi connectivity index (χ2n) is 4.87. The Morgan fingerprint density at radius 3 is 2.12 bits per heavy atom. The summed E-state index contributed by atoms with van der Waals surface area (Å²) in [4.78, 5) is 12.6. The summed E-state index contributed by atoms with van der Waals surface area (Å²) in [5, 5.41) is 19.6. The lowest BCUT2D eigenvalue weighted by atomic mass is 10.0. The maximum Gasteiger partial charge on any atom is 0.206 e. The van der Waals surface area contributed by atoms with Crippen LogP contribution in [0.25, 0.3) is 6.08 Å². The first-order chi connectivity index (χ1) is 11.9. The average Bonchev–Trinajstić information content (AvgIpc) is 2.60. The third kappa shape index (κ3) is 3.87. The van der Waals surface area contributed by atoms with Crippen LogP contribution in [0.3, 0.4) is 0 Å². The van der Waals surface area contributed by atoms with E-state index in [1.165, 1.54) is 44.6 Å². The molecule has 1 N–H and O–H groups in total. The van der Waals surface area contributed by atoms with Crippen molar-refractivity contribution in [3.05, 3.63) is 57.1 Å². The van der Waals surface area contributed by atoms with E-state index < -0.39 is 5.78 Å². The van der Waals surface area contributed by atoms with Gasteiger partial charge < -0.3 is 14.6 Å². The predicted octanol–water partition coefficient (Wildman–Crippen LogP) is 4.51. The summed E-state index contributed by atoms with van der Waals surface area (Å²) in [6.45, 7) is 0. The fourth-order valence-electron chi connectivity index (χ4n) is 2.16. The highest BCUT2D eigenvalue weighted by Gasteiger charge is 2.19. The van der Waals surface area contributed by atoms with Gasteiger partial charge in [0.15, 0.2) is 11.5 Å². The highest BCUT2D eigenvalue weighted by Crippen LogP contribution is 2.38. The van der Waals surface area contributed by atoms with Crippen molar-refractivity contribution in [3.8, 4) is 23.3 Å². The number of nitriles is 1. The van der Waals surface area contributed by atoms with Crippen molar-refractivity contribution < 1.29 is 19.4 Å². The zero-order valence-electron chi connectivity index (χ0n) is 13.3. The summed E-state index contributed by atoms with van der Waals surface area (Å²) in [6.07, 6.45) is 1.34.